The number of carbonyl (C=O) groups excluding carboxylic acids is 2. The third-order valence-electron chi connectivity index (χ3n) is 7.64. The first kappa shape index (κ1) is 29.4. The third-order valence-corrected chi connectivity index (χ3v) is 12.1. The second kappa shape index (κ2) is 12.7. The Morgan fingerprint density at radius 2 is 1.59 bits per heavy atom. The molecule has 0 saturated heterocycles. The molecule has 32 heavy (non-hydrogen) atoms. The number of alkyl halides is 2. The molecule has 3 nitrogen and oxygen atoms in total. The smallest absolute Gasteiger partial charge is 0.305 e. The third kappa shape index (κ3) is 8.62. The molecule has 0 aromatic heterocycles. The molecular weight excluding hydrogens is 426 g/mol. The lowest BCUT2D eigenvalue weighted by molar-refractivity contribution is -0.144. The molecule has 0 aliphatic heterocycles. The van der Waals surface area contributed by atoms with Gasteiger partial charge in [0.25, 0.3) is 0 Å². The van der Waals surface area contributed by atoms with Gasteiger partial charge < -0.3 is 4.43 Å². The van der Waals surface area contributed by atoms with Crippen LogP contribution in [0.2, 0.25) is 18.1 Å². The summed E-state index contributed by atoms with van der Waals surface area (Å²) in [5, 5.41) is 0.00183. The number of rotatable bonds is 15. The van der Waals surface area contributed by atoms with Crippen LogP contribution in [0.5, 0.6) is 0 Å². The largest absolute Gasteiger partial charge is 0.413 e. The van der Waals surface area contributed by atoms with Crippen LogP contribution < -0.4 is 0 Å². The van der Waals surface area contributed by atoms with Gasteiger partial charge in [-0.15, -0.1) is 0 Å². The second-order valence-electron chi connectivity index (χ2n) is 11.3. The predicted octanol–water partition coefficient (Wildman–Crippen LogP) is 8.12. The maximum Gasteiger partial charge on any atom is 0.305 e. The van der Waals surface area contributed by atoms with Crippen LogP contribution in [0.15, 0.2) is 0 Å². The Morgan fingerprint density at radius 3 is 2.16 bits per heavy atom. The van der Waals surface area contributed by atoms with E-state index >= 15 is 0 Å². The first-order chi connectivity index (χ1) is 14.8. The molecular formula is C26H48F2O3Si. The number of Topliss-reactive ketones (excluding diaryl/α,β-unsaturated/α-hetero) is 2. The maximum absolute atomic E-state index is 14.3. The Kier molecular flexibility index (Phi) is 11.7. The monoisotopic (exact) mass is 474 g/mol. The molecule has 0 spiro atoms. The van der Waals surface area contributed by atoms with E-state index in [2.05, 4.69) is 40.8 Å². The number of halogens is 2. The second-order valence-corrected chi connectivity index (χ2v) is 16.1. The van der Waals surface area contributed by atoms with E-state index in [0.29, 0.717) is 25.7 Å². The fourth-order valence-electron chi connectivity index (χ4n) is 4.43. The zero-order chi connectivity index (χ0) is 24.6. The minimum absolute atomic E-state index is 0.00183. The highest BCUT2D eigenvalue weighted by atomic mass is 28.4. The summed E-state index contributed by atoms with van der Waals surface area (Å²) in [5.41, 5.74) is 0. The van der Waals surface area contributed by atoms with Gasteiger partial charge in [0, 0.05) is 25.2 Å². The van der Waals surface area contributed by atoms with Crippen molar-refractivity contribution in [2.75, 3.05) is 0 Å². The van der Waals surface area contributed by atoms with Gasteiger partial charge in [-0.3, -0.25) is 9.59 Å². The summed E-state index contributed by atoms with van der Waals surface area (Å²) in [6.07, 6.45) is 7.24. The van der Waals surface area contributed by atoms with Crippen LogP contribution in [0.25, 0.3) is 0 Å². The lowest BCUT2D eigenvalue weighted by atomic mass is 9.85. The Labute approximate surface area is 196 Å². The molecule has 0 bridgehead atoms. The molecule has 6 heteroatoms. The van der Waals surface area contributed by atoms with Gasteiger partial charge in [0.1, 0.15) is 5.78 Å². The number of hydrogen-bond acceptors (Lipinski definition) is 3. The molecule has 0 radical (unpaired) electrons. The normalized spacial score (nSPS) is 22.5. The van der Waals surface area contributed by atoms with Gasteiger partial charge in [-0.05, 0) is 43.3 Å². The van der Waals surface area contributed by atoms with E-state index in [1.54, 1.807) is 0 Å². The lowest BCUT2D eigenvalue weighted by Gasteiger charge is -2.40. The van der Waals surface area contributed by atoms with Gasteiger partial charge in [0.15, 0.2) is 8.32 Å². The minimum atomic E-state index is -3.26. The van der Waals surface area contributed by atoms with Gasteiger partial charge in [-0.1, -0.05) is 73.1 Å². The molecule has 0 aromatic carbocycles. The van der Waals surface area contributed by atoms with E-state index in [-0.39, 0.29) is 41.6 Å². The summed E-state index contributed by atoms with van der Waals surface area (Å²) in [6.45, 7) is 14.8. The Morgan fingerprint density at radius 1 is 1.00 bits per heavy atom. The van der Waals surface area contributed by atoms with Gasteiger partial charge in [-0.25, -0.2) is 0 Å². The number of carbonyl (C=O) groups is 2. The van der Waals surface area contributed by atoms with Crippen LogP contribution >= 0.6 is 0 Å². The summed E-state index contributed by atoms with van der Waals surface area (Å²) in [4.78, 5) is 25.3. The van der Waals surface area contributed by atoms with Crippen LogP contribution in [0.3, 0.4) is 0 Å². The zero-order valence-corrected chi connectivity index (χ0v) is 22.7. The molecule has 1 rings (SSSR count). The first-order valence-corrected chi connectivity index (χ1v) is 15.8. The fourth-order valence-corrected chi connectivity index (χ4v) is 5.80. The van der Waals surface area contributed by atoms with Crippen molar-refractivity contribution in [3.05, 3.63) is 0 Å². The topological polar surface area (TPSA) is 43.4 Å². The highest BCUT2D eigenvalue weighted by Gasteiger charge is 2.48. The Bertz CT molecular complexity index is 598. The molecule has 1 saturated carbocycles. The first-order valence-electron chi connectivity index (χ1n) is 12.9. The van der Waals surface area contributed by atoms with Crippen LogP contribution in [0, 0.1) is 11.8 Å². The number of ketones is 2. The van der Waals surface area contributed by atoms with E-state index in [1.165, 1.54) is 12.8 Å². The van der Waals surface area contributed by atoms with Gasteiger partial charge in [-0.2, -0.15) is 8.78 Å². The van der Waals surface area contributed by atoms with Crippen LogP contribution in [0.4, 0.5) is 8.78 Å². The van der Waals surface area contributed by atoms with Crippen LogP contribution in [-0.4, -0.2) is 31.9 Å². The molecule has 0 heterocycles. The quantitative estimate of drug-likeness (QED) is 0.178. The summed E-state index contributed by atoms with van der Waals surface area (Å²) in [7, 11) is -2.12. The van der Waals surface area contributed by atoms with E-state index in [0.717, 1.165) is 25.7 Å². The van der Waals surface area contributed by atoms with Gasteiger partial charge in [0.2, 0.25) is 5.78 Å². The molecule has 3 atom stereocenters. The summed E-state index contributed by atoms with van der Waals surface area (Å²) in [5.74, 6) is -4.33. The van der Waals surface area contributed by atoms with E-state index in [1.807, 2.05) is 6.92 Å². The van der Waals surface area contributed by atoms with Crippen LogP contribution in [-0.2, 0) is 14.0 Å². The predicted molar refractivity (Wildman–Crippen MR) is 131 cm³/mol. The van der Waals surface area contributed by atoms with E-state index < -0.39 is 20.0 Å². The molecule has 188 valence electrons. The van der Waals surface area contributed by atoms with E-state index in [4.69, 9.17) is 4.43 Å². The average molecular weight is 475 g/mol. The molecule has 1 fully saturated rings. The highest BCUT2D eigenvalue weighted by molar-refractivity contribution is 6.74. The van der Waals surface area contributed by atoms with Crippen LogP contribution in [0.1, 0.15) is 112 Å². The minimum Gasteiger partial charge on any atom is -0.413 e. The van der Waals surface area contributed by atoms with Crippen molar-refractivity contribution in [2.24, 2.45) is 11.8 Å². The number of hydrogen-bond donors (Lipinski definition) is 0. The fraction of sp³-hybridized carbons (Fsp3) is 0.923. The van der Waals surface area contributed by atoms with Crippen molar-refractivity contribution in [3.63, 3.8) is 0 Å². The van der Waals surface area contributed by atoms with Gasteiger partial charge >= 0.3 is 5.92 Å². The molecule has 0 unspecified atom stereocenters. The van der Waals surface area contributed by atoms with Crippen molar-refractivity contribution in [1.29, 1.82) is 0 Å². The molecule has 0 amide bonds. The zero-order valence-electron chi connectivity index (χ0n) is 21.7. The molecule has 1 aliphatic carbocycles. The summed E-state index contributed by atoms with van der Waals surface area (Å²) >= 11 is 0. The van der Waals surface area contributed by atoms with Gasteiger partial charge in [0.05, 0.1) is 6.10 Å². The maximum atomic E-state index is 14.3. The Balaban J connectivity index is 2.92. The summed E-state index contributed by atoms with van der Waals surface area (Å²) in [6, 6.07) is 0. The van der Waals surface area contributed by atoms with E-state index in [9.17, 15) is 18.4 Å². The van der Waals surface area contributed by atoms with Crippen molar-refractivity contribution in [3.8, 4) is 0 Å². The Hall–Kier alpha value is -0.623. The molecule has 1 aliphatic rings. The number of unbranched alkanes of at least 4 members (excludes halogenated alkanes) is 5. The van der Waals surface area contributed by atoms with Crippen molar-refractivity contribution in [1.82, 2.24) is 0 Å². The summed E-state index contributed by atoms with van der Waals surface area (Å²) < 4.78 is 35.1. The van der Waals surface area contributed by atoms with Crippen molar-refractivity contribution in [2.45, 2.75) is 142 Å². The molecule has 0 N–H and O–H groups in total. The lowest BCUT2D eigenvalue weighted by Crippen LogP contribution is -2.45. The average Bonchev–Trinajstić information content (AvgIpc) is 2.97. The van der Waals surface area contributed by atoms with Crippen molar-refractivity contribution >= 4 is 19.9 Å². The van der Waals surface area contributed by atoms with Crippen molar-refractivity contribution < 1.29 is 22.8 Å². The molecule has 0 aromatic rings. The standard InChI is InChI=1S/C26H48F2O3Si/c1-8-10-12-13-14-15-20-21(16-17-24(30)26(27,28)18-11-9-2)23(19-22(20)29)31-32(6,7)25(3,4)5/h20-21,23H,8-19H2,1-7H3/t20-,21-,23-/m1/s1. The SMILES string of the molecule is CCCCCCC[C@H]1C(=O)C[C@@H](O[Si](C)(C)C(C)(C)C)[C@@H]1CCC(=O)C(F)(F)CCCC. The highest BCUT2D eigenvalue weighted by Crippen LogP contribution is 2.44.